The van der Waals surface area contributed by atoms with E-state index in [0.29, 0.717) is 90.8 Å². The Hall–Kier alpha value is -6.48. The maximum absolute atomic E-state index is 12.5. The van der Waals surface area contributed by atoms with Crippen molar-refractivity contribution in [3.05, 3.63) is 95.2 Å². The molecule has 12 rings (SSSR count). The summed E-state index contributed by atoms with van der Waals surface area (Å²) in [5.41, 5.74) is 5.09. The van der Waals surface area contributed by atoms with Gasteiger partial charge in [0, 0.05) is 49.4 Å². The molecule has 0 bridgehead atoms. The Morgan fingerprint density at radius 2 is 0.580 bits per heavy atom. The second-order valence-electron chi connectivity index (χ2n) is 36.8. The maximum atomic E-state index is 12.5. The third-order valence-electron chi connectivity index (χ3n) is 27.5. The van der Waals surface area contributed by atoms with Gasteiger partial charge in [-0.1, -0.05) is 206 Å². The van der Waals surface area contributed by atoms with E-state index in [0.717, 1.165) is 109 Å². The average molecular weight is 1670 g/mol. The first kappa shape index (κ1) is 103. The van der Waals surface area contributed by atoms with E-state index in [2.05, 4.69) is 121 Å². The number of fused-ring (bicyclic) bond motifs is 4. The van der Waals surface area contributed by atoms with Crippen molar-refractivity contribution in [1.29, 1.82) is 0 Å². The summed E-state index contributed by atoms with van der Waals surface area (Å²) < 4.78 is 45.9. The molecule has 12 aliphatic rings. The number of ether oxygens (including phenoxy) is 8. The van der Waals surface area contributed by atoms with Gasteiger partial charge < -0.3 is 58.3 Å². The monoisotopic (exact) mass is 1670 g/mol. The lowest BCUT2D eigenvalue weighted by molar-refractivity contribution is -0.162. The number of allylic oxidation sites excluding steroid dienone is 12. The minimum absolute atomic E-state index is 0. The van der Waals surface area contributed by atoms with E-state index in [9.17, 15) is 58.8 Å². The number of aliphatic hydroxyl groups excluding tert-OH is 4. The number of rotatable bonds is 24. The molecular weight excluding hydrogens is 1510 g/mol. The molecule has 0 aromatic carbocycles. The van der Waals surface area contributed by atoms with Crippen molar-refractivity contribution in [1.82, 2.24) is 0 Å². The van der Waals surface area contributed by atoms with Crippen molar-refractivity contribution in [3.8, 4) is 0 Å². The fraction of sp³-hybridized carbons (Fsp3) is 0.758. The highest BCUT2D eigenvalue weighted by molar-refractivity contribution is 5.75. The lowest BCUT2D eigenvalue weighted by Crippen LogP contribution is -2.42. The number of esters is 8. The summed E-state index contributed by atoms with van der Waals surface area (Å²) in [5.74, 6) is 2.69. The average Bonchev–Trinajstić information content (AvgIpc) is 0.791. The lowest BCUT2D eigenvalue weighted by Gasteiger charge is -2.43. The minimum atomic E-state index is -0.597. The molecule has 0 spiro atoms. The Labute approximate surface area is 715 Å². The molecule has 119 heavy (non-hydrogen) atoms. The number of cyclic esters (lactones) is 4. The van der Waals surface area contributed by atoms with E-state index < -0.39 is 24.4 Å². The first-order valence-corrected chi connectivity index (χ1v) is 44.6. The predicted octanol–water partition coefficient (Wildman–Crippen LogP) is 19.1. The van der Waals surface area contributed by atoms with Gasteiger partial charge in [0.05, 0.1) is 73.8 Å². The standard InChI is InChI=1S/3C24H36O5.C23H34O5.4CH4/c3*1-5-15(3)24(27)29-21-11-14(2)10-17-7-6-16(4)20(23(17)21)9-8-19-12-18(25)13-22(26)28-19;1-4-14(2)23(26)28-20-7-5-6-16-9-8-15(3)19(22(16)20)11-10-18-12-17(24)13-21(25)27-18;;;;/h3*6-7,10,14-16,18-21,23,25H,5,8-9,11-13H2,1-4H3;6,8-9,14-15,17-20,22,24H,4-5,7,10-13H2,1-3H3;4*1H4/t14-,15?,16+,18+,19-,20+,21-,23-;14-,15+,16+,18+,19?,20?,21-,23-;14-,15+,16+,18+,19-,20+,21-,23-;14-,15-,17-,18?,19?,20+,22+;;;;/m0001..../s1. The molecule has 4 heterocycles. The summed E-state index contributed by atoms with van der Waals surface area (Å²) >= 11 is 0. The fourth-order valence-corrected chi connectivity index (χ4v) is 20.0. The van der Waals surface area contributed by atoms with Gasteiger partial charge in [0.1, 0.15) is 48.8 Å². The van der Waals surface area contributed by atoms with Crippen LogP contribution in [0.5, 0.6) is 0 Å². The normalized spacial score (nSPS) is 36.2. The number of carbonyl (C=O) groups excluding carboxylic acids is 8. The molecule has 0 saturated carbocycles. The first-order chi connectivity index (χ1) is 54.7. The zero-order chi connectivity index (χ0) is 83.6. The highest BCUT2D eigenvalue weighted by atomic mass is 16.6. The van der Waals surface area contributed by atoms with Crippen LogP contribution in [0.3, 0.4) is 0 Å². The second-order valence-corrected chi connectivity index (χ2v) is 36.8. The molecule has 0 aromatic heterocycles. The van der Waals surface area contributed by atoms with Gasteiger partial charge in [0.25, 0.3) is 0 Å². The largest absolute Gasteiger partial charge is 0.462 e. The van der Waals surface area contributed by atoms with Crippen LogP contribution >= 0.6 is 0 Å². The van der Waals surface area contributed by atoms with Crippen LogP contribution in [0.25, 0.3) is 0 Å². The van der Waals surface area contributed by atoms with Crippen molar-refractivity contribution in [2.75, 3.05) is 0 Å². The third kappa shape index (κ3) is 28.8. The minimum Gasteiger partial charge on any atom is -0.462 e. The van der Waals surface area contributed by atoms with Crippen molar-refractivity contribution >= 4 is 47.8 Å². The number of carbonyl (C=O) groups is 8. The van der Waals surface area contributed by atoms with Gasteiger partial charge >= 0.3 is 47.8 Å². The Kier molecular flexibility index (Phi) is 42.0. The van der Waals surface area contributed by atoms with Gasteiger partial charge in [-0.25, -0.2) is 0 Å². The summed E-state index contributed by atoms with van der Waals surface area (Å²) in [5, 5.41) is 39.5. The zero-order valence-electron chi connectivity index (χ0n) is 71.8. The van der Waals surface area contributed by atoms with Crippen LogP contribution in [-0.4, -0.2) is 141 Å². The molecule has 20 nitrogen and oxygen atoms in total. The summed E-state index contributed by atoms with van der Waals surface area (Å²) in [6, 6.07) is 0. The van der Waals surface area contributed by atoms with Crippen LogP contribution < -0.4 is 0 Å². The third-order valence-corrected chi connectivity index (χ3v) is 27.5. The molecule has 31 atom stereocenters. The predicted molar refractivity (Wildman–Crippen MR) is 466 cm³/mol. The quantitative estimate of drug-likeness (QED) is 0.0516. The molecule has 0 aromatic rings. The zero-order valence-corrected chi connectivity index (χ0v) is 71.8. The van der Waals surface area contributed by atoms with Crippen molar-refractivity contribution in [2.24, 2.45) is 112 Å². The van der Waals surface area contributed by atoms with Gasteiger partial charge in [0.2, 0.25) is 0 Å². The van der Waals surface area contributed by atoms with E-state index >= 15 is 0 Å². The summed E-state index contributed by atoms with van der Waals surface area (Å²) in [4.78, 5) is 96.7. The Morgan fingerprint density at radius 3 is 0.815 bits per heavy atom. The van der Waals surface area contributed by atoms with Crippen LogP contribution in [0.2, 0.25) is 0 Å². The summed E-state index contributed by atoms with van der Waals surface area (Å²) in [6.45, 7) is 31.1. The van der Waals surface area contributed by atoms with E-state index in [4.69, 9.17) is 37.9 Å². The molecule has 0 radical (unpaired) electrons. The number of hydrogen-bond acceptors (Lipinski definition) is 20. The number of aliphatic hydroxyl groups is 4. The summed E-state index contributed by atoms with van der Waals surface area (Å²) in [7, 11) is 0. The molecule has 4 fully saturated rings. The van der Waals surface area contributed by atoms with Crippen molar-refractivity contribution in [3.63, 3.8) is 0 Å². The first-order valence-electron chi connectivity index (χ1n) is 44.6. The van der Waals surface area contributed by atoms with Gasteiger partial charge in [-0.05, 0) is 197 Å². The molecule has 4 saturated heterocycles. The molecular formula is C99H158O20. The molecule has 8 aliphatic carbocycles. The van der Waals surface area contributed by atoms with Crippen molar-refractivity contribution < 1.29 is 96.7 Å². The van der Waals surface area contributed by atoms with E-state index in [1.165, 1.54) is 22.3 Å². The molecule has 674 valence electrons. The van der Waals surface area contributed by atoms with E-state index in [1.807, 2.05) is 55.4 Å². The second kappa shape index (κ2) is 48.5. The molecule has 20 heteroatoms. The molecule has 0 amide bonds. The molecule has 4 aliphatic heterocycles. The maximum Gasteiger partial charge on any atom is 0.308 e. The Morgan fingerprint density at radius 1 is 0.353 bits per heavy atom. The van der Waals surface area contributed by atoms with Crippen LogP contribution in [0, 0.1) is 112 Å². The Balaban J connectivity index is 0.000000279. The smallest absolute Gasteiger partial charge is 0.308 e. The van der Waals surface area contributed by atoms with Crippen LogP contribution in [0.1, 0.15) is 294 Å². The van der Waals surface area contributed by atoms with Gasteiger partial charge in [-0.3, -0.25) is 38.4 Å². The van der Waals surface area contributed by atoms with Gasteiger partial charge in [-0.15, -0.1) is 0 Å². The van der Waals surface area contributed by atoms with Crippen LogP contribution in [0.15, 0.2) is 95.2 Å². The van der Waals surface area contributed by atoms with E-state index in [1.54, 1.807) is 0 Å². The molecule has 5 unspecified atom stereocenters. The van der Waals surface area contributed by atoms with E-state index in [-0.39, 0.29) is 199 Å². The highest BCUT2D eigenvalue weighted by Gasteiger charge is 2.48. The lowest BCUT2D eigenvalue weighted by atomic mass is 9.65. The van der Waals surface area contributed by atoms with Gasteiger partial charge in [-0.2, -0.15) is 0 Å². The van der Waals surface area contributed by atoms with Crippen LogP contribution in [0.4, 0.5) is 0 Å². The van der Waals surface area contributed by atoms with Gasteiger partial charge in [0.15, 0.2) is 0 Å². The fourth-order valence-electron chi connectivity index (χ4n) is 20.0. The van der Waals surface area contributed by atoms with Crippen molar-refractivity contribution in [2.45, 2.75) is 367 Å². The SMILES string of the molecule is C.C.C.C.CCC(C)C(=O)O[C@H]1C[C@@H](C)C=C2C=C[C@@H](C)[C@@H](CC[C@H]3C[C@@H](O)CC(=O)O3)[C@H]21.CC[C@@H](C)C(=O)O[C@H]1CCC=C2C=C[C@@H](C)C(CCC3C[C@@H](O)CC(=O)O3)[C@H]21.CC[C@@H](C)C(=O)O[C@H]1C[C@@H](C)C=C2C=C[C@@H](C)C(CCC3C[C@@H](O)CC(=O)O3)[C@H]21.CC[C@@H](C)C(=O)O[C@H]1C[C@@H](C)C=C2C=C[C@@H](C)[C@@H](CC[C@H]3C[C@@H](O)CC(=O)O3)[C@H]21. The summed E-state index contributed by atoms with van der Waals surface area (Å²) in [6.07, 6.45) is 39.7. The Bertz CT molecular complexity index is 3270. The van der Waals surface area contributed by atoms with Crippen LogP contribution in [-0.2, 0) is 76.3 Å². The topological polar surface area (TPSA) is 291 Å². The highest BCUT2D eigenvalue weighted by Crippen LogP contribution is 2.50. The number of hydrogen-bond donors (Lipinski definition) is 4. The molecule has 4 N–H and O–H groups in total.